The first kappa shape index (κ1) is 15.5. The van der Waals surface area contributed by atoms with Crippen LogP contribution in [0.3, 0.4) is 0 Å². The summed E-state index contributed by atoms with van der Waals surface area (Å²) >= 11 is 13.5. The Morgan fingerprint density at radius 1 is 1.29 bits per heavy atom. The number of carbonyl (C=O) groups excluding carboxylic acids is 2. The summed E-state index contributed by atoms with van der Waals surface area (Å²) in [4.78, 5) is 34.2. The molecule has 0 saturated carbocycles. The minimum atomic E-state index is -0.394. The van der Waals surface area contributed by atoms with Crippen molar-refractivity contribution >= 4 is 64.2 Å². The Morgan fingerprint density at radius 3 is 2.96 bits per heavy atom. The van der Waals surface area contributed by atoms with Gasteiger partial charge in [-0.05, 0) is 6.07 Å². The molecule has 0 aliphatic carbocycles. The van der Waals surface area contributed by atoms with Gasteiger partial charge in [0.05, 0.1) is 20.7 Å². The molecule has 0 fully saturated rings. The second-order valence-electron chi connectivity index (χ2n) is 4.90. The Morgan fingerprint density at radius 2 is 2.12 bits per heavy atom. The van der Waals surface area contributed by atoms with E-state index in [4.69, 9.17) is 27.9 Å². The van der Waals surface area contributed by atoms with Gasteiger partial charge in [0.25, 0.3) is 5.91 Å². The van der Waals surface area contributed by atoms with Crippen molar-refractivity contribution < 1.29 is 14.3 Å². The van der Waals surface area contributed by atoms with E-state index in [1.807, 2.05) is 0 Å². The SMILES string of the molecule is O=C1CSc2cc(Cl)c(N3C(=O)COc4cc(Cl)[c]nc43)nc2N1. The average molecular weight is 382 g/mol. The zero-order valence-electron chi connectivity index (χ0n) is 11.8. The Balaban J connectivity index is 1.85. The highest BCUT2D eigenvalue weighted by molar-refractivity contribution is 8.00. The number of rotatable bonds is 1. The molecule has 0 saturated heterocycles. The lowest BCUT2D eigenvalue weighted by molar-refractivity contribution is -0.120. The topological polar surface area (TPSA) is 84.4 Å². The molecule has 2 aliphatic heterocycles. The number of fused-ring (bicyclic) bond motifs is 2. The average Bonchev–Trinajstić information content (AvgIpc) is 2.55. The summed E-state index contributed by atoms with van der Waals surface area (Å²) in [6.07, 6.45) is 2.57. The minimum Gasteiger partial charge on any atom is -0.480 e. The number of thioether (sulfide) groups is 1. The molecule has 0 unspecified atom stereocenters. The van der Waals surface area contributed by atoms with Crippen LogP contribution in [0.4, 0.5) is 17.5 Å². The number of nitrogens with zero attached hydrogens (tertiary/aromatic N) is 3. The number of pyridine rings is 2. The quantitative estimate of drug-likeness (QED) is 0.817. The van der Waals surface area contributed by atoms with Crippen molar-refractivity contribution in [1.29, 1.82) is 0 Å². The van der Waals surface area contributed by atoms with Crippen molar-refractivity contribution in [2.75, 3.05) is 22.6 Å². The van der Waals surface area contributed by atoms with Crippen LogP contribution in [0.1, 0.15) is 0 Å². The van der Waals surface area contributed by atoms with Crippen LogP contribution in [-0.2, 0) is 9.59 Å². The zero-order valence-corrected chi connectivity index (χ0v) is 14.1. The molecule has 0 aromatic carbocycles. The predicted molar refractivity (Wildman–Crippen MR) is 89.3 cm³/mol. The summed E-state index contributed by atoms with van der Waals surface area (Å²) < 4.78 is 5.33. The van der Waals surface area contributed by atoms with Crippen LogP contribution in [0.25, 0.3) is 0 Å². The molecule has 4 heterocycles. The fourth-order valence-corrected chi connectivity index (χ4v) is 3.55. The molecule has 121 valence electrons. The Kier molecular flexibility index (Phi) is 3.75. The highest BCUT2D eigenvalue weighted by Crippen LogP contribution is 2.42. The first-order chi connectivity index (χ1) is 11.5. The van der Waals surface area contributed by atoms with Gasteiger partial charge in [-0.2, -0.15) is 0 Å². The molecule has 2 aliphatic rings. The number of nitrogens with one attached hydrogen (secondary N) is 1. The largest absolute Gasteiger partial charge is 0.480 e. The molecule has 1 N–H and O–H groups in total. The summed E-state index contributed by atoms with van der Waals surface area (Å²) in [5, 5.41) is 3.19. The molecule has 4 rings (SSSR count). The molecule has 24 heavy (non-hydrogen) atoms. The number of hydrogen-bond acceptors (Lipinski definition) is 6. The second kappa shape index (κ2) is 5.80. The van der Waals surface area contributed by atoms with Gasteiger partial charge in [0, 0.05) is 6.07 Å². The monoisotopic (exact) mass is 381 g/mol. The van der Waals surface area contributed by atoms with Gasteiger partial charge >= 0.3 is 0 Å². The van der Waals surface area contributed by atoms with Gasteiger partial charge in [-0.1, -0.05) is 23.2 Å². The molecule has 1 radical (unpaired) electrons. The van der Waals surface area contributed by atoms with E-state index in [0.717, 1.165) is 4.90 Å². The smallest absolute Gasteiger partial charge is 0.272 e. The van der Waals surface area contributed by atoms with Crippen molar-refractivity contribution in [3.8, 4) is 5.75 Å². The molecule has 0 bridgehead atoms. The van der Waals surface area contributed by atoms with Gasteiger partial charge in [0.1, 0.15) is 12.0 Å². The molecular weight excluding hydrogens is 375 g/mol. The van der Waals surface area contributed by atoms with Crippen LogP contribution in [0.5, 0.6) is 5.75 Å². The number of hydrogen-bond donors (Lipinski definition) is 1. The van der Waals surface area contributed by atoms with Crippen molar-refractivity contribution in [3.05, 3.63) is 28.4 Å². The molecule has 10 heteroatoms. The third-order valence-electron chi connectivity index (χ3n) is 3.31. The Hall–Kier alpha value is -2.03. The third-order valence-corrected chi connectivity index (χ3v) is 4.81. The van der Waals surface area contributed by atoms with Crippen LogP contribution in [0.15, 0.2) is 17.0 Å². The second-order valence-corrected chi connectivity index (χ2v) is 6.73. The number of ether oxygens (including phenoxy) is 1. The number of aromatic nitrogens is 2. The van der Waals surface area contributed by atoms with Crippen molar-refractivity contribution in [2.45, 2.75) is 4.90 Å². The maximum atomic E-state index is 12.3. The zero-order chi connectivity index (χ0) is 16.8. The van der Waals surface area contributed by atoms with Crippen molar-refractivity contribution in [2.24, 2.45) is 0 Å². The van der Waals surface area contributed by atoms with Gasteiger partial charge in [-0.25, -0.2) is 14.9 Å². The van der Waals surface area contributed by atoms with E-state index in [2.05, 4.69) is 21.5 Å². The van der Waals surface area contributed by atoms with Crippen LogP contribution in [0.2, 0.25) is 10.0 Å². The summed E-state index contributed by atoms with van der Waals surface area (Å²) in [5.41, 5.74) is 0. The summed E-state index contributed by atoms with van der Waals surface area (Å²) in [7, 11) is 0. The maximum absolute atomic E-state index is 12.3. The van der Waals surface area contributed by atoms with E-state index in [1.54, 1.807) is 6.07 Å². The predicted octanol–water partition coefficient (Wildman–Crippen LogP) is 2.68. The van der Waals surface area contributed by atoms with E-state index < -0.39 is 5.91 Å². The van der Waals surface area contributed by atoms with Gasteiger partial charge in [-0.3, -0.25) is 9.59 Å². The summed E-state index contributed by atoms with van der Waals surface area (Å²) in [6, 6.07) is 3.17. The molecule has 2 amide bonds. The fourth-order valence-electron chi connectivity index (χ4n) is 2.31. The highest BCUT2D eigenvalue weighted by Gasteiger charge is 2.32. The normalized spacial score (nSPS) is 16.2. The first-order valence-corrected chi connectivity index (χ1v) is 8.44. The number of carbonyl (C=O) groups is 2. The van der Waals surface area contributed by atoms with Gasteiger partial charge in [0.15, 0.2) is 24.0 Å². The standard InChI is InChI=1S/C14H7Cl2N4O3S/c15-6-1-8-14(17-3-6)20(11(22)4-23-8)13-7(16)2-9-12(19-13)18-10(21)5-24-9/h1-2H,4-5H2,(H,18,19,21). The van der Waals surface area contributed by atoms with Gasteiger partial charge in [-0.15, -0.1) is 11.8 Å². The lowest BCUT2D eigenvalue weighted by atomic mass is 10.3. The first-order valence-electron chi connectivity index (χ1n) is 6.70. The van der Waals surface area contributed by atoms with Crippen LogP contribution in [-0.4, -0.2) is 34.1 Å². The van der Waals surface area contributed by atoms with Crippen LogP contribution in [0, 0.1) is 6.20 Å². The molecular formula is C14H7Cl2N4O3S. The van der Waals surface area contributed by atoms with Crippen LogP contribution < -0.4 is 15.0 Å². The lowest BCUT2D eigenvalue weighted by Gasteiger charge is -2.28. The van der Waals surface area contributed by atoms with Crippen molar-refractivity contribution in [1.82, 2.24) is 9.97 Å². The minimum absolute atomic E-state index is 0.163. The summed E-state index contributed by atoms with van der Waals surface area (Å²) in [5.74, 6) is 0.770. The number of anilines is 3. The van der Waals surface area contributed by atoms with E-state index >= 15 is 0 Å². The Labute approximate surface area is 150 Å². The highest BCUT2D eigenvalue weighted by atomic mass is 35.5. The van der Waals surface area contributed by atoms with E-state index in [-0.39, 0.29) is 34.2 Å². The maximum Gasteiger partial charge on any atom is 0.272 e. The van der Waals surface area contributed by atoms with E-state index in [0.29, 0.717) is 17.3 Å². The molecule has 2 aromatic heterocycles. The Bertz CT molecular complexity index is 893. The lowest BCUT2D eigenvalue weighted by Crippen LogP contribution is -2.36. The molecule has 0 spiro atoms. The number of amides is 2. The van der Waals surface area contributed by atoms with Gasteiger partial charge in [0.2, 0.25) is 5.91 Å². The van der Waals surface area contributed by atoms with Crippen molar-refractivity contribution in [3.63, 3.8) is 0 Å². The molecule has 0 atom stereocenters. The van der Waals surface area contributed by atoms with E-state index in [1.165, 1.54) is 22.7 Å². The fraction of sp³-hybridized carbons (Fsp3) is 0.143. The molecule has 2 aromatic rings. The van der Waals surface area contributed by atoms with E-state index in [9.17, 15) is 9.59 Å². The van der Waals surface area contributed by atoms with Crippen LogP contribution >= 0.6 is 35.0 Å². The summed E-state index contributed by atoms with van der Waals surface area (Å²) in [6.45, 7) is -0.203. The third kappa shape index (κ3) is 2.56. The van der Waals surface area contributed by atoms with Gasteiger partial charge < -0.3 is 10.1 Å². The number of halogens is 2. The molecule has 7 nitrogen and oxygen atoms in total.